The standard InChI is InChI=1S/C20H28O3/c1-19(2)14-9-10-20(19,3)18-13(14)11-16(23-18)17(21)12-7-5-6-8-15(12)22-4/h5-8,13-14,16-18,21H,9-11H2,1-4H3/t13-,14-,16-,17-,18-,20+/m1/s1. The van der Waals surface area contributed by atoms with Crippen molar-refractivity contribution in [1.82, 2.24) is 0 Å². The summed E-state index contributed by atoms with van der Waals surface area (Å²) in [5.74, 6) is 2.07. The van der Waals surface area contributed by atoms with Crippen molar-refractivity contribution in [3.05, 3.63) is 29.8 Å². The SMILES string of the molecule is COc1ccccc1[C@@H](O)[C@H]1C[C@@H]2[C@H]3CC[C@@](C)([C@@H]2O1)C3(C)C. The molecule has 6 atom stereocenters. The molecule has 4 rings (SSSR count). The van der Waals surface area contributed by atoms with Crippen molar-refractivity contribution in [2.75, 3.05) is 7.11 Å². The largest absolute Gasteiger partial charge is 0.496 e. The number of aliphatic hydroxyl groups is 1. The molecule has 3 fully saturated rings. The minimum Gasteiger partial charge on any atom is -0.496 e. The Morgan fingerprint density at radius 2 is 2.00 bits per heavy atom. The van der Waals surface area contributed by atoms with Gasteiger partial charge in [0.15, 0.2) is 0 Å². The third kappa shape index (κ3) is 1.90. The zero-order valence-electron chi connectivity index (χ0n) is 14.6. The van der Waals surface area contributed by atoms with E-state index in [-0.39, 0.29) is 11.5 Å². The van der Waals surface area contributed by atoms with Crippen LogP contribution in [0.2, 0.25) is 0 Å². The Labute approximate surface area is 139 Å². The topological polar surface area (TPSA) is 38.7 Å². The molecule has 2 saturated carbocycles. The van der Waals surface area contributed by atoms with Crippen LogP contribution in [0, 0.1) is 22.7 Å². The fourth-order valence-electron chi connectivity index (χ4n) is 5.87. The Bertz CT molecular complexity index is 611. The monoisotopic (exact) mass is 316 g/mol. The van der Waals surface area contributed by atoms with Gasteiger partial charge in [0.2, 0.25) is 0 Å². The Morgan fingerprint density at radius 3 is 2.70 bits per heavy atom. The van der Waals surface area contributed by atoms with Gasteiger partial charge in [0.05, 0.1) is 19.3 Å². The van der Waals surface area contributed by atoms with E-state index in [1.54, 1.807) is 7.11 Å². The fourth-order valence-corrected chi connectivity index (χ4v) is 5.87. The van der Waals surface area contributed by atoms with Gasteiger partial charge < -0.3 is 14.6 Å². The van der Waals surface area contributed by atoms with Gasteiger partial charge in [0, 0.05) is 5.56 Å². The summed E-state index contributed by atoms with van der Waals surface area (Å²) in [5, 5.41) is 10.9. The first-order valence-corrected chi connectivity index (χ1v) is 8.86. The van der Waals surface area contributed by atoms with Crippen LogP contribution >= 0.6 is 0 Å². The second-order valence-electron chi connectivity index (χ2n) is 8.47. The van der Waals surface area contributed by atoms with E-state index in [9.17, 15) is 5.11 Å². The minimum absolute atomic E-state index is 0.114. The van der Waals surface area contributed by atoms with Crippen molar-refractivity contribution in [2.24, 2.45) is 22.7 Å². The van der Waals surface area contributed by atoms with Crippen LogP contribution < -0.4 is 4.74 Å². The van der Waals surface area contributed by atoms with Crippen LogP contribution in [0.5, 0.6) is 5.75 Å². The first-order valence-electron chi connectivity index (χ1n) is 8.86. The number of methoxy groups -OCH3 is 1. The average molecular weight is 316 g/mol. The lowest BCUT2D eigenvalue weighted by Gasteiger charge is -2.39. The van der Waals surface area contributed by atoms with Gasteiger partial charge in [-0.1, -0.05) is 39.0 Å². The smallest absolute Gasteiger partial charge is 0.124 e. The molecule has 0 radical (unpaired) electrons. The minimum atomic E-state index is -0.608. The number of fused-ring (bicyclic) bond motifs is 5. The van der Waals surface area contributed by atoms with Gasteiger partial charge >= 0.3 is 0 Å². The Morgan fingerprint density at radius 1 is 1.26 bits per heavy atom. The first-order chi connectivity index (χ1) is 10.9. The van der Waals surface area contributed by atoms with Gasteiger partial charge in [0.1, 0.15) is 11.9 Å². The molecule has 1 aliphatic heterocycles. The van der Waals surface area contributed by atoms with Gasteiger partial charge in [-0.2, -0.15) is 0 Å². The van der Waals surface area contributed by atoms with Gasteiger partial charge in [-0.05, 0) is 48.0 Å². The molecule has 3 nitrogen and oxygen atoms in total. The highest BCUT2D eigenvalue weighted by atomic mass is 16.5. The predicted octanol–water partition coefficient (Wildman–Crippen LogP) is 3.96. The van der Waals surface area contributed by atoms with Crippen LogP contribution in [0.4, 0.5) is 0 Å². The van der Waals surface area contributed by atoms with E-state index in [0.717, 1.165) is 23.7 Å². The molecule has 0 spiro atoms. The normalized spacial score (nSPS) is 41.8. The molecular weight excluding hydrogens is 288 g/mol. The molecule has 1 aromatic rings. The average Bonchev–Trinajstić information content (AvgIpc) is 3.12. The summed E-state index contributed by atoms with van der Waals surface area (Å²) in [6, 6.07) is 7.73. The molecule has 1 N–H and O–H groups in total. The zero-order valence-corrected chi connectivity index (χ0v) is 14.6. The highest BCUT2D eigenvalue weighted by molar-refractivity contribution is 5.36. The highest BCUT2D eigenvalue weighted by Crippen LogP contribution is 2.71. The lowest BCUT2D eigenvalue weighted by atomic mass is 9.70. The van der Waals surface area contributed by atoms with Crippen molar-refractivity contribution in [2.45, 2.75) is 58.3 Å². The summed E-state index contributed by atoms with van der Waals surface area (Å²) in [6.07, 6.45) is 3.10. The van der Waals surface area contributed by atoms with E-state index in [0.29, 0.717) is 17.4 Å². The predicted molar refractivity (Wildman–Crippen MR) is 89.3 cm³/mol. The van der Waals surface area contributed by atoms with E-state index in [1.807, 2.05) is 24.3 Å². The van der Waals surface area contributed by atoms with Crippen LogP contribution in [0.15, 0.2) is 24.3 Å². The summed E-state index contributed by atoms with van der Waals surface area (Å²) in [7, 11) is 1.65. The third-order valence-electron chi connectivity index (χ3n) is 7.54. The molecule has 1 heterocycles. The van der Waals surface area contributed by atoms with Crippen LogP contribution in [0.3, 0.4) is 0 Å². The van der Waals surface area contributed by atoms with Gasteiger partial charge in [-0.3, -0.25) is 0 Å². The quantitative estimate of drug-likeness (QED) is 0.917. The molecule has 2 bridgehead atoms. The molecule has 2 aliphatic carbocycles. The first kappa shape index (κ1) is 15.5. The molecule has 0 aromatic heterocycles. The van der Waals surface area contributed by atoms with Crippen LogP contribution in [0.25, 0.3) is 0 Å². The molecule has 0 amide bonds. The Hall–Kier alpha value is -1.06. The fraction of sp³-hybridized carbons (Fsp3) is 0.700. The number of benzene rings is 1. The number of ether oxygens (including phenoxy) is 2. The van der Waals surface area contributed by atoms with Crippen molar-refractivity contribution in [1.29, 1.82) is 0 Å². The van der Waals surface area contributed by atoms with E-state index >= 15 is 0 Å². The molecule has 3 aliphatic rings. The zero-order chi connectivity index (χ0) is 16.4. The molecule has 3 heteroatoms. The van der Waals surface area contributed by atoms with E-state index < -0.39 is 6.10 Å². The Kier molecular flexibility index (Phi) is 3.34. The number of hydrogen-bond acceptors (Lipinski definition) is 3. The van der Waals surface area contributed by atoms with Crippen molar-refractivity contribution in [3.8, 4) is 5.75 Å². The lowest BCUT2D eigenvalue weighted by molar-refractivity contribution is -0.0922. The summed E-state index contributed by atoms with van der Waals surface area (Å²) >= 11 is 0. The summed E-state index contributed by atoms with van der Waals surface area (Å²) in [6.45, 7) is 7.23. The van der Waals surface area contributed by atoms with Gasteiger partial charge in [0.25, 0.3) is 0 Å². The molecule has 23 heavy (non-hydrogen) atoms. The van der Waals surface area contributed by atoms with Crippen LogP contribution in [-0.2, 0) is 4.74 Å². The highest BCUT2D eigenvalue weighted by Gasteiger charge is 2.69. The second-order valence-corrected chi connectivity index (χ2v) is 8.47. The van der Waals surface area contributed by atoms with Crippen molar-refractivity contribution in [3.63, 3.8) is 0 Å². The van der Waals surface area contributed by atoms with Crippen molar-refractivity contribution >= 4 is 0 Å². The second kappa shape index (κ2) is 4.97. The van der Waals surface area contributed by atoms with Crippen molar-refractivity contribution < 1.29 is 14.6 Å². The number of rotatable bonds is 3. The van der Waals surface area contributed by atoms with E-state index in [4.69, 9.17) is 9.47 Å². The lowest BCUT2D eigenvalue weighted by Crippen LogP contribution is -2.38. The maximum absolute atomic E-state index is 10.9. The van der Waals surface area contributed by atoms with E-state index in [1.165, 1.54) is 12.8 Å². The number of para-hydroxylation sites is 1. The molecule has 1 saturated heterocycles. The van der Waals surface area contributed by atoms with E-state index in [2.05, 4.69) is 20.8 Å². The van der Waals surface area contributed by atoms with Crippen LogP contribution in [0.1, 0.15) is 51.7 Å². The maximum Gasteiger partial charge on any atom is 0.124 e. The number of aliphatic hydroxyl groups excluding tert-OH is 1. The summed E-state index contributed by atoms with van der Waals surface area (Å²) < 4.78 is 11.9. The summed E-state index contributed by atoms with van der Waals surface area (Å²) in [5.41, 5.74) is 1.44. The van der Waals surface area contributed by atoms with Gasteiger partial charge in [-0.15, -0.1) is 0 Å². The molecule has 0 unspecified atom stereocenters. The van der Waals surface area contributed by atoms with Gasteiger partial charge in [-0.25, -0.2) is 0 Å². The Balaban J connectivity index is 1.59. The maximum atomic E-state index is 10.9. The molecule has 1 aromatic carbocycles. The molecule has 126 valence electrons. The van der Waals surface area contributed by atoms with Crippen LogP contribution in [-0.4, -0.2) is 24.4 Å². The third-order valence-corrected chi connectivity index (χ3v) is 7.54. The summed E-state index contributed by atoms with van der Waals surface area (Å²) in [4.78, 5) is 0. The molecular formula is C20H28O3. The number of hydrogen-bond donors (Lipinski definition) is 1.